The Morgan fingerprint density at radius 2 is 2.18 bits per heavy atom. The van der Waals surface area contributed by atoms with Gasteiger partial charge in [-0.2, -0.15) is 0 Å². The smallest absolute Gasteiger partial charge is 0.180 e. The summed E-state index contributed by atoms with van der Waals surface area (Å²) in [6, 6.07) is 9.77. The third kappa shape index (κ3) is 1.57. The molecule has 0 saturated heterocycles. The van der Waals surface area contributed by atoms with Gasteiger partial charge in [0, 0.05) is 13.1 Å². The summed E-state index contributed by atoms with van der Waals surface area (Å²) in [4.78, 5) is 17.1. The van der Waals surface area contributed by atoms with Crippen LogP contribution in [0.4, 0.5) is 0 Å². The largest absolute Gasteiger partial charge is 0.298 e. The minimum atomic E-state index is -0.00324. The maximum Gasteiger partial charge on any atom is 0.180 e. The molecule has 0 N–H and O–H groups in total. The number of thiophene rings is 1. The molecular weight excluding hydrogens is 232 g/mol. The Hall–Kier alpha value is -1.94. The van der Waals surface area contributed by atoms with Gasteiger partial charge in [-0.1, -0.05) is 12.1 Å². The summed E-state index contributed by atoms with van der Waals surface area (Å²) in [6.45, 7) is 1.55. The molecule has 0 amide bonds. The number of pyridine rings is 1. The van der Waals surface area contributed by atoms with Crippen molar-refractivity contribution in [2.75, 3.05) is 0 Å². The molecule has 84 valence electrons. The van der Waals surface area contributed by atoms with E-state index in [1.54, 1.807) is 18.3 Å². The number of Topliss-reactive ketones (excluding diaryl/α,β-unsaturated/α-hetero) is 1. The molecule has 0 fully saturated rings. The topological polar surface area (TPSA) is 34.4 Å². The fraction of sp³-hybridized carbons (Fsp3) is 0.0769. The lowest BCUT2D eigenvalue weighted by Gasteiger charge is -1.96. The van der Waals surface area contributed by atoms with Gasteiger partial charge in [0.2, 0.25) is 0 Å². The third-order valence-corrected chi connectivity index (χ3v) is 3.49. The first-order valence-corrected chi connectivity index (χ1v) is 6.17. The summed E-state index contributed by atoms with van der Waals surface area (Å²) in [5.74, 6) is 0.831. The van der Waals surface area contributed by atoms with Crippen LogP contribution in [-0.2, 0) is 0 Å². The first-order valence-electron chi connectivity index (χ1n) is 5.29. The van der Waals surface area contributed by atoms with E-state index in [2.05, 4.69) is 4.98 Å². The van der Waals surface area contributed by atoms with Crippen LogP contribution >= 0.6 is 11.3 Å². The Kier molecular flexibility index (Phi) is 2.30. The number of rotatable bonds is 2. The Bertz CT molecular complexity index is 683. The van der Waals surface area contributed by atoms with Crippen LogP contribution in [0.1, 0.15) is 17.4 Å². The molecule has 17 heavy (non-hydrogen) atoms. The number of ketones is 1. The van der Waals surface area contributed by atoms with Gasteiger partial charge >= 0.3 is 0 Å². The van der Waals surface area contributed by atoms with Crippen LogP contribution in [0.3, 0.4) is 0 Å². The van der Waals surface area contributed by atoms with E-state index in [0.29, 0.717) is 5.69 Å². The van der Waals surface area contributed by atoms with Gasteiger partial charge in [0.05, 0.1) is 10.4 Å². The van der Waals surface area contributed by atoms with E-state index in [1.165, 1.54) is 0 Å². The highest BCUT2D eigenvalue weighted by Gasteiger charge is 2.15. The lowest BCUT2D eigenvalue weighted by atomic mass is 10.2. The molecule has 3 heterocycles. The van der Waals surface area contributed by atoms with Gasteiger partial charge in [-0.05, 0) is 23.6 Å². The van der Waals surface area contributed by atoms with Crippen LogP contribution in [0.5, 0.6) is 0 Å². The Morgan fingerprint density at radius 3 is 2.88 bits per heavy atom. The van der Waals surface area contributed by atoms with E-state index in [1.807, 2.05) is 46.3 Å². The van der Waals surface area contributed by atoms with Crippen LogP contribution in [-0.4, -0.2) is 15.2 Å². The summed E-state index contributed by atoms with van der Waals surface area (Å²) in [5, 5.41) is 2.01. The van der Waals surface area contributed by atoms with Crippen LogP contribution in [0, 0.1) is 0 Å². The molecule has 0 aliphatic rings. The molecule has 0 aliphatic carbocycles. The summed E-state index contributed by atoms with van der Waals surface area (Å²) >= 11 is 1.62. The normalized spacial score (nSPS) is 10.9. The predicted molar refractivity (Wildman–Crippen MR) is 68.5 cm³/mol. The van der Waals surface area contributed by atoms with Gasteiger partial charge in [0.15, 0.2) is 11.6 Å². The van der Waals surface area contributed by atoms with Crippen molar-refractivity contribution >= 4 is 22.6 Å². The van der Waals surface area contributed by atoms with Crippen LogP contribution in [0.25, 0.3) is 16.2 Å². The second kappa shape index (κ2) is 3.82. The monoisotopic (exact) mass is 242 g/mol. The van der Waals surface area contributed by atoms with Gasteiger partial charge in [-0.3, -0.25) is 9.20 Å². The first kappa shape index (κ1) is 10.2. The molecule has 0 atom stereocenters. The molecule has 0 unspecified atom stereocenters. The van der Waals surface area contributed by atoms with E-state index in [-0.39, 0.29) is 5.78 Å². The summed E-state index contributed by atoms with van der Waals surface area (Å²) in [6.07, 6.45) is 1.93. The zero-order chi connectivity index (χ0) is 11.8. The maximum absolute atomic E-state index is 11.6. The molecule has 3 nitrogen and oxygen atoms in total. The molecule has 3 aromatic heterocycles. The van der Waals surface area contributed by atoms with Crippen molar-refractivity contribution < 1.29 is 4.79 Å². The highest BCUT2D eigenvalue weighted by Crippen LogP contribution is 2.26. The molecular formula is C13H10N2OS. The van der Waals surface area contributed by atoms with Crippen molar-refractivity contribution in [3.05, 3.63) is 47.6 Å². The van der Waals surface area contributed by atoms with E-state index in [0.717, 1.165) is 16.2 Å². The van der Waals surface area contributed by atoms with Crippen molar-refractivity contribution in [2.45, 2.75) is 6.92 Å². The number of imidazole rings is 1. The Morgan fingerprint density at radius 1 is 1.29 bits per heavy atom. The SMILES string of the molecule is CC(=O)c1nc(-c2cccs2)n2ccccc12. The standard InChI is InChI=1S/C13H10N2OS/c1-9(16)12-10-5-2-3-7-15(10)13(14-12)11-6-4-8-17-11/h2-8H,1H3. The zero-order valence-electron chi connectivity index (χ0n) is 9.25. The number of carbonyl (C=O) groups excluding carboxylic acids is 1. The molecule has 0 aliphatic heterocycles. The molecule has 3 rings (SSSR count). The summed E-state index contributed by atoms with van der Waals surface area (Å²) in [7, 11) is 0. The highest BCUT2D eigenvalue weighted by atomic mass is 32.1. The zero-order valence-corrected chi connectivity index (χ0v) is 10.1. The fourth-order valence-electron chi connectivity index (χ4n) is 1.88. The van der Waals surface area contributed by atoms with Crippen molar-refractivity contribution in [3.63, 3.8) is 0 Å². The van der Waals surface area contributed by atoms with Gasteiger partial charge in [-0.25, -0.2) is 4.98 Å². The van der Waals surface area contributed by atoms with Crippen LogP contribution in [0.15, 0.2) is 41.9 Å². The molecule has 0 aromatic carbocycles. The molecule has 0 saturated carbocycles. The second-order valence-electron chi connectivity index (χ2n) is 3.77. The number of nitrogens with zero attached hydrogens (tertiary/aromatic N) is 2. The van der Waals surface area contributed by atoms with E-state index < -0.39 is 0 Å². The molecule has 0 radical (unpaired) electrons. The average molecular weight is 242 g/mol. The van der Waals surface area contributed by atoms with Crippen LogP contribution in [0.2, 0.25) is 0 Å². The predicted octanol–water partition coefficient (Wildman–Crippen LogP) is 3.27. The molecule has 0 bridgehead atoms. The van der Waals surface area contributed by atoms with E-state index in [4.69, 9.17) is 0 Å². The van der Waals surface area contributed by atoms with E-state index >= 15 is 0 Å². The lowest BCUT2D eigenvalue weighted by Crippen LogP contribution is -1.92. The quantitative estimate of drug-likeness (QED) is 0.646. The van der Waals surface area contributed by atoms with Gasteiger partial charge in [-0.15, -0.1) is 11.3 Å². The number of carbonyl (C=O) groups is 1. The van der Waals surface area contributed by atoms with Gasteiger partial charge in [0.1, 0.15) is 5.69 Å². The third-order valence-electron chi connectivity index (χ3n) is 2.62. The fourth-order valence-corrected chi connectivity index (χ4v) is 2.59. The average Bonchev–Trinajstić information content (AvgIpc) is 2.95. The number of hydrogen-bond acceptors (Lipinski definition) is 3. The Labute approximate surface area is 102 Å². The van der Waals surface area contributed by atoms with Crippen molar-refractivity contribution in [3.8, 4) is 10.7 Å². The first-order chi connectivity index (χ1) is 8.27. The maximum atomic E-state index is 11.6. The minimum absolute atomic E-state index is 0.00324. The molecule has 0 spiro atoms. The van der Waals surface area contributed by atoms with Gasteiger partial charge < -0.3 is 0 Å². The summed E-state index contributed by atoms with van der Waals surface area (Å²) < 4.78 is 1.96. The second-order valence-corrected chi connectivity index (χ2v) is 4.72. The highest BCUT2D eigenvalue weighted by molar-refractivity contribution is 7.13. The number of aromatic nitrogens is 2. The van der Waals surface area contributed by atoms with Crippen LogP contribution < -0.4 is 0 Å². The number of hydrogen-bond donors (Lipinski definition) is 0. The number of fused-ring (bicyclic) bond motifs is 1. The summed E-state index contributed by atoms with van der Waals surface area (Å²) in [5.41, 5.74) is 1.40. The van der Waals surface area contributed by atoms with E-state index in [9.17, 15) is 4.79 Å². The van der Waals surface area contributed by atoms with Gasteiger partial charge in [0.25, 0.3) is 0 Å². The van der Waals surface area contributed by atoms with Crippen molar-refractivity contribution in [2.24, 2.45) is 0 Å². The Balaban J connectivity index is 2.37. The van der Waals surface area contributed by atoms with Crippen molar-refractivity contribution in [1.29, 1.82) is 0 Å². The molecule has 3 aromatic rings. The van der Waals surface area contributed by atoms with Crippen molar-refractivity contribution in [1.82, 2.24) is 9.38 Å². The minimum Gasteiger partial charge on any atom is -0.298 e. The molecule has 4 heteroatoms. The lowest BCUT2D eigenvalue weighted by molar-refractivity contribution is 0.101.